The summed E-state index contributed by atoms with van der Waals surface area (Å²) in [5.74, 6) is 0. The minimum atomic E-state index is 0.919. The predicted molar refractivity (Wildman–Crippen MR) is 136 cm³/mol. The molecule has 3 nitrogen and oxygen atoms in total. The molecule has 0 aliphatic carbocycles. The van der Waals surface area contributed by atoms with Gasteiger partial charge in [-0.3, -0.25) is 4.98 Å². The van der Waals surface area contributed by atoms with Crippen LogP contribution in [0.4, 0.5) is 0 Å². The Hall–Kier alpha value is -4.37. The Morgan fingerprint density at radius 2 is 1.36 bits per heavy atom. The maximum atomic E-state index is 6.07. The molecule has 0 fully saturated rings. The number of aryl methyl sites for hydroxylation is 1. The SMILES string of the molecule is Cc1ccc2oc3ccc(-c4ccc5c(c4)c4ncccc4n5-c4ccccc4)cc3c2c1. The summed E-state index contributed by atoms with van der Waals surface area (Å²) in [7, 11) is 0. The fourth-order valence-electron chi connectivity index (χ4n) is 4.94. The maximum absolute atomic E-state index is 6.07. The molecule has 0 atom stereocenters. The summed E-state index contributed by atoms with van der Waals surface area (Å²) in [4.78, 5) is 4.75. The standard InChI is InChI=1S/C30H20N2O/c1-19-9-13-28-23(16-19)24-17-21(11-14-29(24)33-28)20-10-12-26-25(18-20)30-27(8-5-15-31-30)32(26)22-6-3-2-4-7-22/h2-18H,1H3. The second kappa shape index (κ2) is 6.81. The Morgan fingerprint density at radius 3 is 2.21 bits per heavy atom. The summed E-state index contributed by atoms with van der Waals surface area (Å²) in [5, 5.41) is 3.46. The van der Waals surface area contributed by atoms with Gasteiger partial charge in [0.15, 0.2) is 0 Å². The third-order valence-electron chi connectivity index (χ3n) is 6.49. The number of aromatic nitrogens is 2. The van der Waals surface area contributed by atoms with Gasteiger partial charge in [0.05, 0.1) is 16.6 Å². The number of benzene rings is 4. The molecule has 7 aromatic rings. The average molecular weight is 425 g/mol. The van der Waals surface area contributed by atoms with Gasteiger partial charge in [-0.25, -0.2) is 0 Å². The van der Waals surface area contributed by atoms with E-state index in [0.717, 1.165) is 49.6 Å². The van der Waals surface area contributed by atoms with E-state index >= 15 is 0 Å². The number of rotatable bonds is 2. The molecule has 7 rings (SSSR count). The molecular weight excluding hydrogens is 404 g/mol. The van der Waals surface area contributed by atoms with Crippen LogP contribution in [0.1, 0.15) is 5.56 Å². The van der Waals surface area contributed by atoms with Crippen LogP contribution in [-0.2, 0) is 0 Å². The first-order chi connectivity index (χ1) is 16.3. The lowest BCUT2D eigenvalue weighted by Gasteiger charge is -2.08. The van der Waals surface area contributed by atoms with Gasteiger partial charge in [0.2, 0.25) is 0 Å². The van der Waals surface area contributed by atoms with Crippen LogP contribution in [0.25, 0.3) is 60.7 Å². The van der Waals surface area contributed by atoms with Crippen LogP contribution < -0.4 is 0 Å². The van der Waals surface area contributed by atoms with E-state index in [2.05, 4.69) is 96.4 Å². The van der Waals surface area contributed by atoms with Crippen LogP contribution in [0.2, 0.25) is 0 Å². The number of hydrogen-bond acceptors (Lipinski definition) is 2. The normalized spacial score (nSPS) is 11.8. The molecule has 0 aliphatic heterocycles. The molecule has 0 saturated heterocycles. The predicted octanol–water partition coefficient (Wildman–Crippen LogP) is 8.05. The lowest BCUT2D eigenvalue weighted by molar-refractivity contribution is 0.669. The van der Waals surface area contributed by atoms with E-state index in [-0.39, 0.29) is 0 Å². The number of fused-ring (bicyclic) bond motifs is 6. The summed E-state index contributed by atoms with van der Waals surface area (Å²) in [6.45, 7) is 2.12. The molecule has 0 bridgehead atoms. The van der Waals surface area contributed by atoms with Crippen LogP contribution in [-0.4, -0.2) is 9.55 Å². The number of nitrogens with zero attached hydrogens (tertiary/aromatic N) is 2. The molecule has 156 valence electrons. The first kappa shape index (κ1) is 18.2. The smallest absolute Gasteiger partial charge is 0.135 e. The van der Waals surface area contributed by atoms with Crippen molar-refractivity contribution in [3.8, 4) is 16.8 Å². The summed E-state index contributed by atoms with van der Waals surface area (Å²) in [6.07, 6.45) is 1.87. The highest BCUT2D eigenvalue weighted by atomic mass is 16.3. The molecule has 4 aromatic carbocycles. The van der Waals surface area contributed by atoms with Crippen molar-refractivity contribution >= 4 is 43.9 Å². The molecule has 33 heavy (non-hydrogen) atoms. The van der Waals surface area contributed by atoms with Gasteiger partial charge in [-0.1, -0.05) is 42.0 Å². The zero-order chi connectivity index (χ0) is 21.9. The second-order valence-corrected chi connectivity index (χ2v) is 8.59. The van der Waals surface area contributed by atoms with Gasteiger partial charge in [0.1, 0.15) is 11.2 Å². The molecule has 0 saturated carbocycles. The topological polar surface area (TPSA) is 31.0 Å². The van der Waals surface area contributed by atoms with E-state index in [1.165, 1.54) is 16.7 Å². The molecule has 3 heteroatoms. The quantitative estimate of drug-likeness (QED) is 0.281. The van der Waals surface area contributed by atoms with E-state index in [0.29, 0.717) is 0 Å². The Bertz CT molecular complexity index is 1820. The van der Waals surface area contributed by atoms with Gasteiger partial charge < -0.3 is 8.98 Å². The minimum Gasteiger partial charge on any atom is -0.456 e. The Kier molecular flexibility index (Phi) is 3.76. The maximum Gasteiger partial charge on any atom is 0.135 e. The first-order valence-corrected chi connectivity index (χ1v) is 11.1. The first-order valence-electron chi connectivity index (χ1n) is 11.1. The molecule has 0 unspecified atom stereocenters. The van der Waals surface area contributed by atoms with Gasteiger partial charge in [-0.05, 0) is 78.7 Å². The summed E-state index contributed by atoms with van der Waals surface area (Å²) < 4.78 is 8.35. The fraction of sp³-hybridized carbons (Fsp3) is 0.0333. The monoisotopic (exact) mass is 424 g/mol. The van der Waals surface area contributed by atoms with E-state index in [4.69, 9.17) is 9.40 Å². The van der Waals surface area contributed by atoms with Gasteiger partial charge in [0, 0.05) is 28.0 Å². The van der Waals surface area contributed by atoms with Crippen LogP contribution in [0.15, 0.2) is 108 Å². The molecular formula is C30H20N2O. The molecule has 0 aliphatic rings. The Labute approximate surface area is 190 Å². The van der Waals surface area contributed by atoms with Crippen molar-refractivity contribution in [2.75, 3.05) is 0 Å². The van der Waals surface area contributed by atoms with Crippen molar-refractivity contribution in [2.24, 2.45) is 0 Å². The summed E-state index contributed by atoms with van der Waals surface area (Å²) >= 11 is 0. The van der Waals surface area contributed by atoms with E-state index < -0.39 is 0 Å². The van der Waals surface area contributed by atoms with E-state index in [9.17, 15) is 0 Å². The van der Waals surface area contributed by atoms with Crippen LogP contribution >= 0.6 is 0 Å². The van der Waals surface area contributed by atoms with Crippen LogP contribution in [0.5, 0.6) is 0 Å². The molecule has 0 amide bonds. The van der Waals surface area contributed by atoms with E-state index in [1.54, 1.807) is 0 Å². The zero-order valence-electron chi connectivity index (χ0n) is 18.1. The molecule has 0 spiro atoms. The average Bonchev–Trinajstić information content (AvgIpc) is 3.39. The lowest BCUT2D eigenvalue weighted by atomic mass is 10.0. The highest BCUT2D eigenvalue weighted by Crippen LogP contribution is 2.36. The van der Waals surface area contributed by atoms with Crippen molar-refractivity contribution in [3.05, 3.63) is 109 Å². The van der Waals surface area contributed by atoms with Crippen molar-refractivity contribution in [1.29, 1.82) is 0 Å². The zero-order valence-corrected chi connectivity index (χ0v) is 18.1. The van der Waals surface area contributed by atoms with Crippen LogP contribution in [0, 0.1) is 6.92 Å². The van der Waals surface area contributed by atoms with Crippen LogP contribution in [0.3, 0.4) is 0 Å². The summed E-state index contributed by atoms with van der Waals surface area (Å²) in [5.41, 5.74) is 9.85. The molecule has 0 N–H and O–H groups in total. The van der Waals surface area contributed by atoms with Gasteiger partial charge >= 0.3 is 0 Å². The van der Waals surface area contributed by atoms with Gasteiger partial charge in [0.25, 0.3) is 0 Å². The molecule has 0 radical (unpaired) electrons. The van der Waals surface area contributed by atoms with E-state index in [1.807, 2.05) is 18.3 Å². The highest BCUT2D eigenvalue weighted by Gasteiger charge is 2.15. The molecule has 3 aromatic heterocycles. The number of para-hydroxylation sites is 1. The summed E-state index contributed by atoms with van der Waals surface area (Å²) in [6, 6.07) is 34.1. The van der Waals surface area contributed by atoms with Crippen molar-refractivity contribution in [3.63, 3.8) is 0 Å². The minimum absolute atomic E-state index is 0.919. The Morgan fingerprint density at radius 1 is 0.636 bits per heavy atom. The largest absolute Gasteiger partial charge is 0.456 e. The third kappa shape index (κ3) is 2.72. The van der Waals surface area contributed by atoms with Crippen molar-refractivity contribution in [1.82, 2.24) is 9.55 Å². The van der Waals surface area contributed by atoms with Crippen molar-refractivity contribution < 1.29 is 4.42 Å². The highest BCUT2D eigenvalue weighted by molar-refractivity contribution is 6.09. The van der Waals surface area contributed by atoms with Gasteiger partial charge in [-0.2, -0.15) is 0 Å². The van der Waals surface area contributed by atoms with Gasteiger partial charge in [-0.15, -0.1) is 0 Å². The lowest BCUT2D eigenvalue weighted by Crippen LogP contribution is -1.93. The second-order valence-electron chi connectivity index (χ2n) is 8.59. The number of pyridine rings is 1. The third-order valence-corrected chi connectivity index (χ3v) is 6.49. The number of hydrogen-bond donors (Lipinski definition) is 0. The fourth-order valence-corrected chi connectivity index (χ4v) is 4.94. The van der Waals surface area contributed by atoms with Crippen molar-refractivity contribution in [2.45, 2.75) is 6.92 Å². The molecule has 3 heterocycles. The Balaban J connectivity index is 1.48. The number of furan rings is 1.